The fourth-order valence-electron chi connectivity index (χ4n) is 2.63. The fourth-order valence-corrected chi connectivity index (χ4v) is 3.56. The average Bonchev–Trinajstić information content (AvgIpc) is 3.14. The largest absolute Gasteiger partial charge is 0.508 e. The standard InChI is InChI=1S/C20H18ClNO2S/c21-16-10-7-15(8-11-16)20(18-6-3-13-25-18)22-19(24)12-9-14-4-1-2-5-17(14)23/h1-8,10-11,13,20,23H,9,12H2,(H,22,24). The quantitative estimate of drug-likeness (QED) is 0.644. The van der Waals surface area contributed by atoms with Gasteiger partial charge in [0.1, 0.15) is 5.75 Å². The number of aromatic hydroxyl groups is 1. The topological polar surface area (TPSA) is 49.3 Å². The van der Waals surface area contributed by atoms with Gasteiger partial charge in [-0.15, -0.1) is 11.3 Å². The summed E-state index contributed by atoms with van der Waals surface area (Å²) in [4.78, 5) is 13.5. The van der Waals surface area contributed by atoms with Gasteiger partial charge in [-0.3, -0.25) is 4.79 Å². The van der Waals surface area contributed by atoms with Gasteiger partial charge in [-0.1, -0.05) is 48.0 Å². The highest BCUT2D eigenvalue weighted by molar-refractivity contribution is 7.10. The molecule has 1 amide bonds. The van der Waals surface area contributed by atoms with Crippen LogP contribution in [0.5, 0.6) is 5.75 Å². The van der Waals surface area contributed by atoms with E-state index >= 15 is 0 Å². The van der Waals surface area contributed by atoms with Gasteiger partial charge < -0.3 is 10.4 Å². The van der Waals surface area contributed by atoms with Crippen LogP contribution in [0.4, 0.5) is 0 Å². The predicted octanol–water partition coefficient (Wildman–Crippen LogP) is 4.95. The number of amides is 1. The summed E-state index contributed by atoms with van der Waals surface area (Å²) >= 11 is 7.57. The summed E-state index contributed by atoms with van der Waals surface area (Å²) in [7, 11) is 0. The molecule has 5 heteroatoms. The molecule has 1 aromatic heterocycles. The van der Waals surface area contributed by atoms with E-state index in [4.69, 9.17) is 11.6 Å². The summed E-state index contributed by atoms with van der Waals surface area (Å²) in [5.41, 5.74) is 1.76. The highest BCUT2D eigenvalue weighted by atomic mass is 35.5. The van der Waals surface area contributed by atoms with E-state index in [0.717, 1.165) is 16.0 Å². The van der Waals surface area contributed by atoms with Gasteiger partial charge in [0.2, 0.25) is 5.91 Å². The predicted molar refractivity (Wildman–Crippen MR) is 102 cm³/mol. The summed E-state index contributed by atoms with van der Waals surface area (Å²) in [6, 6.07) is 18.4. The SMILES string of the molecule is O=C(CCc1ccccc1O)NC(c1ccc(Cl)cc1)c1cccs1. The van der Waals surface area contributed by atoms with E-state index in [2.05, 4.69) is 5.32 Å². The van der Waals surface area contributed by atoms with E-state index in [1.165, 1.54) is 0 Å². The molecule has 2 aromatic carbocycles. The zero-order valence-corrected chi connectivity index (χ0v) is 15.1. The number of nitrogens with one attached hydrogen (secondary N) is 1. The first kappa shape index (κ1) is 17.5. The molecule has 3 aromatic rings. The number of benzene rings is 2. The van der Waals surface area contributed by atoms with Crippen molar-refractivity contribution < 1.29 is 9.90 Å². The zero-order chi connectivity index (χ0) is 17.6. The second kappa shape index (κ2) is 8.19. The molecule has 3 nitrogen and oxygen atoms in total. The Morgan fingerprint density at radius 1 is 1.08 bits per heavy atom. The van der Waals surface area contributed by atoms with E-state index in [1.807, 2.05) is 53.9 Å². The number of carbonyl (C=O) groups excluding carboxylic acids is 1. The third-order valence-electron chi connectivity index (χ3n) is 3.95. The molecule has 25 heavy (non-hydrogen) atoms. The summed E-state index contributed by atoms with van der Waals surface area (Å²) in [5.74, 6) is 0.166. The number of aryl methyl sites for hydroxylation is 1. The molecule has 0 saturated heterocycles. The Labute approximate surface area is 155 Å². The van der Waals surface area contributed by atoms with Gasteiger partial charge in [-0.05, 0) is 47.2 Å². The molecule has 0 bridgehead atoms. The van der Waals surface area contributed by atoms with Crippen molar-refractivity contribution in [2.24, 2.45) is 0 Å². The molecule has 0 aliphatic heterocycles. The molecule has 0 fully saturated rings. The molecular weight excluding hydrogens is 354 g/mol. The van der Waals surface area contributed by atoms with E-state index in [-0.39, 0.29) is 17.7 Å². The Hall–Kier alpha value is -2.30. The van der Waals surface area contributed by atoms with Crippen LogP contribution in [0.2, 0.25) is 5.02 Å². The van der Waals surface area contributed by atoms with Crippen LogP contribution < -0.4 is 5.32 Å². The number of rotatable bonds is 6. The Kier molecular flexibility index (Phi) is 5.74. The van der Waals surface area contributed by atoms with Crippen molar-refractivity contribution >= 4 is 28.8 Å². The van der Waals surface area contributed by atoms with Crippen LogP contribution in [0, 0.1) is 0 Å². The van der Waals surface area contributed by atoms with E-state index in [1.54, 1.807) is 23.5 Å². The van der Waals surface area contributed by atoms with Crippen molar-refractivity contribution in [3.63, 3.8) is 0 Å². The second-order valence-electron chi connectivity index (χ2n) is 5.70. The highest BCUT2D eigenvalue weighted by Gasteiger charge is 2.18. The van der Waals surface area contributed by atoms with Gasteiger partial charge in [0.25, 0.3) is 0 Å². The first-order valence-electron chi connectivity index (χ1n) is 7.98. The smallest absolute Gasteiger partial charge is 0.221 e. The van der Waals surface area contributed by atoms with E-state index in [9.17, 15) is 9.90 Å². The molecule has 0 radical (unpaired) electrons. The number of para-hydroxylation sites is 1. The van der Waals surface area contributed by atoms with Crippen LogP contribution in [0.3, 0.4) is 0 Å². The van der Waals surface area contributed by atoms with Gasteiger partial charge in [-0.25, -0.2) is 0 Å². The fraction of sp³-hybridized carbons (Fsp3) is 0.150. The molecular formula is C20H18ClNO2S. The van der Waals surface area contributed by atoms with Crippen molar-refractivity contribution in [3.8, 4) is 5.75 Å². The number of phenolic OH excluding ortho intramolecular Hbond substituents is 1. The molecule has 0 aliphatic carbocycles. The molecule has 1 atom stereocenters. The van der Waals surface area contributed by atoms with Crippen molar-refractivity contribution in [1.29, 1.82) is 0 Å². The van der Waals surface area contributed by atoms with Gasteiger partial charge in [-0.2, -0.15) is 0 Å². The van der Waals surface area contributed by atoms with Crippen LogP contribution in [-0.4, -0.2) is 11.0 Å². The van der Waals surface area contributed by atoms with Gasteiger partial charge >= 0.3 is 0 Å². The van der Waals surface area contributed by atoms with Crippen LogP contribution in [0.25, 0.3) is 0 Å². The first-order chi connectivity index (χ1) is 12.1. The van der Waals surface area contributed by atoms with E-state index < -0.39 is 0 Å². The number of hydrogen-bond acceptors (Lipinski definition) is 3. The molecule has 1 heterocycles. The van der Waals surface area contributed by atoms with Crippen molar-refractivity contribution in [2.45, 2.75) is 18.9 Å². The maximum absolute atomic E-state index is 12.5. The van der Waals surface area contributed by atoms with Gasteiger partial charge in [0.05, 0.1) is 6.04 Å². The molecule has 3 rings (SSSR count). The number of thiophene rings is 1. The lowest BCUT2D eigenvalue weighted by molar-refractivity contribution is -0.121. The lowest BCUT2D eigenvalue weighted by atomic mass is 10.0. The zero-order valence-electron chi connectivity index (χ0n) is 13.5. The molecule has 0 saturated carbocycles. The van der Waals surface area contributed by atoms with Gasteiger partial charge in [0.15, 0.2) is 0 Å². The number of hydrogen-bond donors (Lipinski definition) is 2. The Morgan fingerprint density at radius 3 is 2.52 bits per heavy atom. The molecule has 0 aliphatic rings. The number of halogens is 1. The first-order valence-corrected chi connectivity index (χ1v) is 9.24. The average molecular weight is 372 g/mol. The second-order valence-corrected chi connectivity index (χ2v) is 7.11. The Bertz CT molecular complexity index is 831. The lowest BCUT2D eigenvalue weighted by Crippen LogP contribution is -2.29. The maximum atomic E-state index is 12.5. The molecule has 128 valence electrons. The molecule has 0 spiro atoms. The highest BCUT2D eigenvalue weighted by Crippen LogP contribution is 2.27. The minimum Gasteiger partial charge on any atom is -0.508 e. The molecule has 2 N–H and O–H groups in total. The Morgan fingerprint density at radius 2 is 1.84 bits per heavy atom. The molecule has 1 unspecified atom stereocenters. The van der Waals surface area contributed by atoms with Gasteiger partial charge in [0, 0.05) is 16.3 Å². The summed E-state index contributed by atoms with van der Waals surface area (Å²) in [5, 5.41) is 15.6. The minimum atomic E-state index is -0.200. The lowest BCUT2D eigenvalue weighted by Gasteiger charge is -2.18. The monoisotopic (exact) mass is 371 g/mol. The van der Waals surface area contributed by atoms with Crippen molar-refractivity contribution in [1.82, 2.24) is 5.32 Å². The third-order valence-corrected chi connectivity index (χ3v) is 5.14. The number of phenols is 1. The van der Waals surface area contributed by atoms with Crippen molar-refractivity contribution in [3.05, 3.63) is 87.1 Å². The van der Waals surface area contributed by atoms with Crippen LogP contribution in [0.1, 0.15) is 28.5 Å². The summed E-state index contributed by atoms with van der Waals surface area (Å²) in [6.45, 7) is 0. The summed E-state index contributed by atoms with van der Waals surface area (Å²) in [6.07, 6.45) is 0.809. The van der Waals surface area contributed by atoms with E-state index in [0.29, 0.717) is 17.9 Å². The van der Waals surface area contributed by atoms with Crippen LogP contribution in [-0.2, 0) is 11.2 Å². The van der Waals surface area contributed by atoms with Crippen LogP contribution >= 0.6 is 22.9 Å². The maximum Gasteiger partial charge on any atom is 0.221 e. The third kappa shape index (κ3) is 4.62. The minimum absolute atomic E-state index is 0.0587. The normalized spacial score (nSPS) is 11.9. The number of carbonyl (C=O) groups is 1. The van der Waals surface area contributed by atoms with Crippen molar-refractivity contribution in [2.75, 3.05) is 0 Å². The van der Waals surface area contributed by atoms with Crippen LogP contribution in [0.15, 0.2) is 66.0 Å². The summed E-state index contributed by atoms with van der Waals surface area (Å²) < 4.78 is 0. The Balaban J connectivity index is 1.71.